The maximum Gasteiger partial charge on any atom is 0.322 e. The predicted molar refractivity (Wildman–Crippen MR) is 89.7 cm³/mol. The van der Waals surface area contributed by atoms with Crippen molar-refractivity contribution in [2.24, 2.45) is 0 Å². The van der Waals surface area contributed by atoms with Gasteiger partial charge in [-0.2, -0.15) is 4.31 Å². The highest BCUT2D eigenvalue weighted by Gasteiger charge is 2.39. The Bertz CT molecular complexity index is 762. The lowest BCUT2D eigenvalue weighted by Gasteiger charge is -2.21. The van der Waals surface area contributed by atoms with E-state index in [0.717, 1.165) is 4.31 Å². The van der Waals surface area contributed by atoms with Gasteiger partial charge in [0.1, 0.15) is 11.8 Å². The number of carbonyl (C=O) groups excluding carboxylic acids is 1. The number of nitrogens with one attached hydrogen (secondary N) is 1. The van der Waals surface area contributed by atoms with Crippen molar-refractivity contribution in [1.82, 2.24) is 9.62 Å². The van der Waals surface area contributed by atoms with E-state index in [2.05, 4.69) is 5.32 Å². The van der Waals surface area contributed by atoms with Crippen molar-refractivity contribution < 1.29 is 27.9 Å². The highest BCUT2D eigenvalue weighted by Crippen LogP contribution is 2.29. The SMILES string of the molecule is CCC(=O)NCc1cc(S(=O)(=O)N2CCC[C@@H]2C(=O)O)ccc1OC. The van der Waals surface area contributed by atoms with Crippen LogP contribution in [0.2, 0.25) is 0 Å². The average Bonchev–Trinajstić information content (AvgIpc) is 3.10. The molecule has 1 aromatic rings. The van der Waals surface area contributed by atoms with E-state index in [1.165, 1.54) is 25.3 Å². The van der Waals surface area contributed by atoms with Crippen LogP contribution in [0.25, 0.3) is 0 Å². The molecule has 0 unspecified atom stereocenters. The number of carboxylic acids is 1. The molecule has 1 atom stereocenters. The van der Waals surface area contributed by atoms with Crippen LogP contribution in [0.4, 0.5) is 0 Å². The first-order chi connectivity index (χ1) is 11.8. The smallest absolute Gasteiger partial charge is 0.322 e. The van der Waals surface area contributed by atoms with Crippen molar-refractivity contribution in [3.63, 3.8) is 0 Å². The molecule has 1 heterocycles. The summed E-state index contributed by atoms with van der Waals surface area (Å²) in [5, 5.41) is 11.9. The lowest BCUT2D eigenvalue weighted by atomic mass is 10.2. The van der Waals surface area contributed by atoms with Gasteiger partial charge in [0.15, 0.2) is 0 Å². The standard InChI is InChI=1S/C16H22N2O6S/c1-3-15(19)17-10-11-9-12(6-7-14(11)24-2)25(22,23)18-8-4-5-13(18)16(20)21/h6-7,9,13H,3-5,8,10H2,1-2H3,(H,17,19)(H,20,21)/t13-/m1/s1. The molecule has 0 aromatic heterocycles. The van der Waals surface area contributed by atoms with E-state index in [9.17, 15) is 23.1 Å². The third kappa shape index (κ3) is 4.10. The van der Waals surface area contributed by atoms with Gasteiger partial charge in [0.05, 0.1) is 12.0 Å². The first-order valence-corrected chi connectivity index (χ1v) is 9.43. The molecule has 25 heavy (non-hydrogen) atoms. The number of methoxy groups -OCH3 is 1. The molecule has 1 aliphatic heterocycles. The summed E-state index contributed by atoms with van der Waals surface area (Å²) >= 11 is 0. The first kappa shape index (κ1) is 19.2. The highest BCUT2D eigenvalue weighted by molar-refractivity contribution is 7.89. The van der Waals surface area contributed by atoms with Gasteiger partial charge in [-0.1, -0.05) is 6.92 Å². The normalized spacial score (nSPS) is 18.1. The second-order valence-electron chi connectivity index (χ2n) is 5.72. The van der Waals surface area contributed by atoms with Crippen LogP contribution < -0.4 is 10.1 Å². The Morgan fingerprint density at radius 2 is 2.12 bits per heavy atom. The number of nitrogens with zero attached hydrogens (tertiary/aromatic N) is 1. The third-order valence-electron chi connectivity index (χ3n) is 4.14. The van der Waals surface area contributed by atoms with Gasteiger partial charge in [0, 0.05) is 25.1 Å². The molecule has 0 radical (unpaired) electrons. The minimum atomic E-state index is -3.94. The molecular weight excluding hydrogens is 348 g/mol. The zero-order valence-corrected chi connectivity index (χ0v) is 15.0. The van der Waals surface area contributed by atoms with Gasteiger partial charge < -0.3 is 15.2 Å². The molecule has 2 rings (SSSR count). The molecule has 1 amide bonds. The predicted octanol–water partition coefficient (Wildman–Crippen LogP) is 0.959. The monoisotopic (exact) mass is 370 g/mol. The van der Waals surface area contributed by atoms with Crippen LogP contribution in [0.3, 0.4) is 0 Å². The molecule has 0 spiro atoms. The number of benzene rings is 1. The van der Waals surface area contributed by atoms with E-state index in [-0.39, 0.29) is 23.9 Å². The molecule has 8 nitrogen and oxygen atoms in total. The second-order valence-corrected chi connectivity index (χ2v) is 7.61. The Morgan fingerprint density at radius 1 is 1.40 bits per heavy atom. The minimum Gasteiger partial charge on any atom is -0.496 e. The summed E-state index contributed by atoms with van der Waals surface area (Å²) in [7, 11) is -2.49. The summed E-state index contributed by atoms with van der Waals surface area (Å²) in [6.45, 7) is 2.02. The van der Waals surface area contributed by atoms with Crippen molar-refractivity contribution in [2.45, 2.75) is 43.7 Å². The number of carbonyl (C=O) groups is 2. The van der Waals surface area contributed by atoms with E-state index in [1.54, 1.807) is 6.92 Å². The van der Waals surface area contributed by atoms with Crippen molar-refractivity contribution in [3.05, 3.63) is 23.8 Å². The number of hydrogen-bond acceptors (Lipinski definition) is 5. The van der Waals surface area contributed by atoms with Crippen molar-refractivity contribution in [1.29, 1.82) is 0 Å². The first-order valence-electron chi connectivity index (χ1n) is 7.99. The van der Waals surface area contributed by atoms with E-state index in [4.69, 9.17) is 4.74 Å². The molecule has 2 N–H and O–H groups in total. The molecule has 1 saturated heterocycles. The number of aliphatic carboxylic acids is 1. The lowest BCUT2D eigenvalue weighted by Crippen LogP contribution is -2.40. The van der Waals surface area contributed by atoms with Gasteiger partial charge in [-0.15, -0.1) is 0 Å². The summed E-state index contributed by atoms with van der Waals surface area (Å²) in [5.74, 6) is -0.864. The Kier molecular flexibility index (Phi) is 6.02. The number of sulfonamides is 1. The maximum absolute atomic E-state index is 12.8. The molecule has 0 saturated carbocycles. The van der Waals surface area contributed by atoms with Gasteiger partial charge in [-0.05, 0) is 31.0 Å². The van der Waals surface area contributed by atoms with E-state index in [0.29, 0.717) is 30.6 Å². The van der Waals surface area contributed by atoms with Gasteiger partial charge >= 0.3 is 5.97 Å². The topological polar surface area (TPSA) is 113 Å². The summed E-state index contributed by atoms with van der Waals surface area (Å²) in [4.78, 5) is 22.7. The summed E-state index contributed by atoms with van der Waals surface area (Å²) < 4.78 is 31.9. The summed E-state index contributed by atoms with van der Waals surface area (Å²) in [5.41, 5.74) is 0.511. The number of ether oxygens (including phenoxy) is 1. The Hall–Kier alpha value is -2.13. The molecule has 138 valence electrons. The van der Waals surface area contributed by atoms with Crippen LogP contribution in [-0.4, -0.2) is 49.4 Å². The second kappa shape index (κ2) is 7.83. The fraction of sp³-hybridized carbons (Fsp3) is 0.500. The fourth-order valence-corrected chi connectivity index (χ4v) is 4.48. The van der Waals surface area contributed by atoms with E-state index >= 15 is 0 Å². The van der Waals surface area contributed by atoms with Crippen molar-refractivity contribution in [3.8, 4) is 5.75 Å². The zero-order chi connectivity index (χ0) is 18.6. The van der Waals surface area contributed by atoms with Crippen molar-refractivity contribution in [2.75, 3.05) is 13.7 Å². The Balaban J connectivity index is 2.34. The van der Waals surface area contributed by atoms with Crippen molar-refractivity contribution >= 4 is 21.9 Å². The van der Waals surface area contributed by atoms with Crippen LogP contribution in [0, 0.1) is 0 Å². The Morgan fingerprint density at radius 3 is 2.72 bits per heavy atom. The molecule has 1 aliphatic rings. The summed E-state index contributed by atoms with van der Waals surface area (Å²) in [6.07, 6.45) is 1.12. The van der Waals surface area contributed by atoms with Gasteiger partial charge in [0.25, 0.3) is 0 Å². The van der Waals surface area contributed by atoms with Gasteiger partial charge in [-0.25, -0.2) is 8.42 Å². The van der Waals surface area contributed by atoms with Crippen LogP contribution in [-0.2, 0) is 26.2 Å². The Labute approximate surface area is 146 Å². The zero-order valence-electron chi connectivity index (χ0n) is 14.2. The highest BCUT2D eigenvalue weighted by atomic mass is 32.2. The largest absolute Gasteiger partial charge is 0.496 e. The van der Waals surface area contributed by atoms with Crippen LogP contribution >= 0.6 is 0 Å². The van der Waals surface area contributed by atoms with Crippen LogP contribution in [0.15, 0.2) is 23.1 Å². The average molecular weight is 370 g/mol. The molecule has 0 aliphatic carbocycles. The van der Waals surface area contributed by atoms with Gasteiger partial charge in [0.2, 0.25) is 15.9 Å². The maximum atomic E-state index is 12.8. The van der Waals surface area contributed by atoms with Crippen LogP contribution in [0.5, 0.6) is 5.75 Å². The summed E-state index contributed by atoms with van der Waals surface area (Å²) in [6, 6.07) is 3.26. The molecule has 0 bridgehead atoms. The van der Waals surface area contributed by atoms with Crippen LogP contribution in [0.1, 0.15) is 31.7 Å². The lowest BCUT2D eigenvalue weighted by molar-refractivity contribution is -0.140. The fourth-order valence-electron chi connectivity index (χ4n) is 2.78. The molecule has 1 fully saturated rings. The van der Waals surface area contributed by atoms with E-state index in [1.807, 2.05) is 0 Å². The third-order valence-corrected chi connectivity index (χ3v) is 6.05. The van der Waals surface area contributed by atoms with Gasteiger partial charge in [-0.3, -0.25) is 9.59 Å². The number of amides is 1. The number of hydrogen-bond donors (Lipinski definition) is 2. The molecule has 9 heteroatoms. The molecule has 1 aromatic carbocycles. The van der Waals surface area contributed by atoms with E-state index < -0.39 is 22.0 Å². The number of rotatable bonds is 7. The molecular formula is C16H22N2O6S. The number of carboxylic acid groups (broad SMARTS) is 1. The quantitative estimate of drug-likeness (QED) is 0.739. The minimum absolute atomic E-state index is 0.0119.